The molecule has 2 aliphatic rings. The van der Waals surface area contributed by atoms with Crippen molar-refractivity contribution < 1.29 is 9.47 Å². The van der Waals surface area contributed by atoms with E-state index in [1.807, 2.05) is 6.26 Å². The van der Waals surface area contributed by atoms with Gasteiger partial charge in [0.1, 0.15) is 16.7 Å². The fourth-order valence-electron chi connectivity index (χ4n) is 2.57. The van der Waals surface area contributed by atoms with Crippen LogP contribution in [0.5, 0.6) is 0 Å². The zero-order valence-corrected chi connectivity index (χ0v) is 13.4. The van der Waals surface area contributed by atoms with E-state index in [0.717, 1.165) is 37.0 Å². The lowest BCUT2D eigenvalue weighted by Crippen LogP contribution is -2.40. The Morgan fingerprint density at radius 3 is 2.14 bits per heavy atom. The van der Waals surface area contributed by atoms with Crippen molar-refractivity contribution in [3.63, 3.8) is 0 Å². The molecule has 2 aliphatic heterocycles. The van der Waals surface area contributed by atoms with Crippen molar-refractivity contribution in [3.05, 3.63) is 5.56 Å². The number of hydrogen-bond acceptors (Lipinski definition) is 8. The molecule has 3 rings (SSSR count). The summed E-state index contributed by atoms with van der Waals surface area (Å²) in [6.07, 6.45) is 1.94. The van der Waals surface area contributed by atoms with Gasteiger partial charge in [0.25, 0.3) is 0 Å². The maximum atomic E-state index is 9.53. The smallest absolute Gasteiger partial charge is 0.228 e. The quantitative estimate of drug-likeness (QED) is 0.596. The topological polar surface area (TPSA) is 74.5 Å². The Morgan fingerprint density at radius 1 is 1.00 bits per heavy atom. The van der Waals surface area contributed by atoms with Crippen LogP contribution in [0.4, 0.5) is 11.8 Å². The minimum Gasteiger partial charge on any atom is -0.378 e. The van der Waals surface area contributed by atoms with Gasteiger partial charge in [0, 0.05) is 26.2 Å². The van der Waals surface area contributed by atoms with Crippen molar-refractivity contribution in [2.45, 2.75) is 5.03 Å². The van der Waals surface area contributed by atoms with Crippen LogP contribution in [0.25, 0.3) is 0 Å². The molecule has 0 aromatic carbocycles. The maximum absolute atomic E-state index is 9.53. The molecule has 22 heavy (non-hydrogen) atoms. The highest BCUT2D eigenvalue weighted by Crippen LogP contribution is 2.29. The summed E-state index contributed by atoms with van der Waals surface area (Å²) in [5, 5.41) is 10.3. The molecule has 0 amide bonds. The molecule has 2 fully saturated rings. The van der Waals surface area contributed by atoms with Crippen LogP contribution in [0.3, 0.4) is 0 Å². The van der Waals surface area contributed by atoms with Crippen molar-refractivity contribution in [1.29, 1.82) is 5.26 Å². The summed E-state index contributed by atoms with van der Waals surface area (Å²) >= 11 is 1.49. The molecule has 8 heteroatoms. The number of thioether (sulfide) groups is 1. The highest BCUT2D eigenvalue weighted by atomic mass is 32.2. The summed E-state index contributed by atoms with van der Waals surface area (Å²) < 4.78 is 10.8. The van der Waals surface area contributed by atoms with Crippen LogP contribution in [0.1, 0.15) is 5.56 Å². The molecule has 0 spiro atoms. The number of anilines is 2. The van der Waals surface area contributed by atoms with Crippen LogP contribution in [-0.4, -0.2) is 68.8 Å². The number of aromatic nitrogens is 2. The van der Waals surface area contributed by atoms with E-state index in [4.69, 9.17) is 14.5 Å². The van der Waals surface area contributed by atoms with Gasteiger partial charge in [-0.15, -0.1) is 11.8 Å². The summed E-state index contributed by atoms with van der Waals surface area (Å²) in [5.74, 6) is 1.42. The van der Waals surface area contributed by atoms with E-state index >= 15 is 0 Å². The molecule has 0 bridgehead atoms. The molecule has 0 N–H and O–H groups in total. The van der Waals surface area contributed by atoms with E-state index in [9.17, 15) is 5.26 Å². The monoisotopic (exact) mass is 321 g/mol. The van der Waals surface area contributed by atoms with Gasteiger partial charge in [-0.1, -0.05) is 0 Å². The second kappa shape index (κ2) is 7.13. The fraction of sp³-hybridized carbons (Fsp3) is 0.643. The Labute approximate surface area is 134 Å². The molecule has 0 atom stereocenters. The van der Waals surface area contributed by atoms with Crippen molar-refractivity contribution in [2.75, 3.05) is 68.7 Å². The Balaban J connectivity index is 1.99. The Morgan fingerprint density at radius 2 is 1.59 bits per heavy atom. The number of rotatable bonds is 3. The highest BCUT2D eigenvalue weighted by Gasteiger charge is 2.23. The summed E-state index contributed by atoms with van der Waals surface area (Å²) in [5.41, 5.74) is 0.561. The van der Waals surface area contributed by atoms with Gasteiger partial charge in [-0.2, -0.15) is 10.2 Å². The van der Waals surface area contributed by atoms with Crippen molar-refractivity contribution in [1.82, 2.24) is 9.97 Å². The fourth-order valence-corrected chi connectivity index (χ4v) is 3.09. The van der Waals surface area contributed by atoms with Crippen molar-refractivity contribution >= 4 is 23.5 Å². The van der Waals surface area contributed by atoms with E-state index in [1.165, 1.54) is 11.8 Å². The third-order valence-corrected chi connectivity index (χ3v) is 4.44. The van der Waals surface area contributed by atoms with E-state index in [-0.39, 0.29) is 0 Å². The normalized spacial score (nSPS) is 19.1. The van der Waals surface area contributed by atoms with Crippen LogP contribution < -0.4 is 9.80 Å². The standard InChI is InChI=1S/C14H19N5O2S/c1-22-13-11(10-15)12(18-2-6-20-7-3-18)16-14(17-13)19-4-8-21-9-5-19/h2-9H2,1H3. The molecule has 7 nitrogen and oxygen atoms in total. The zero-order chi connectivity index (χ0) is 15.4. The van der Waals surface area contributed by atoms with Gasteiger partial charge in [-0.05, 0) is 6.26 Å². The zero-order valence-electron chi connectivity index (χ0n) is 12.6. The molecule has 0 aliphatic carbocycles. The Hall–Kier alpha value is -1.56. The first-order valence-electron chi connectivity index (χ1n) is 7.35. The molecule has 3 heterocycles. The van der Waals surface area contributed by atoms with Crippen LogP contribution >= 0.6 is 11.8 Å². The van der Waals surface area contributed by atoms with Crippen molar-refractivity contribution in [3.8, 4) is 6.07 Å². The van der Waals surface area contributed by atoms with Crippen LogP contribution in [0.15, 0.2) is 5.03 Å². The summed E-state index contributed by atoms with van der Waals surface area (Å²) in [6, 6.07) is 2.27. The summed E-state index contributed by atoms with van der Waals surface area (Å²) in [6.45, 7) is 5.76. The predicted molar refractivity (Wildman–Crippen MR) is 84.6 cm³/mol. The summed E-state index contributed by atoms with van der Waals surface area (Å²) in [4.78, 5) is 13.5. The minimum atomic E-state index is 0.561. The van der Waals surface area contributed by atoms with Crippen molar-refractivity contribution in [2.24, 2.45) is 0 Å². The molecular weight excluding hydrogens is 302 g/mol. The first-order valence-corrected chi connectivity index (χ1v) is 8.57. The first kappa shape index (κ1) is 15.3. The molecule has 2 saturated heterocycles. The highest BCUT2D eigenvalue weighted by molar-refractivity contribution is 7.98. The molecule has 0 unspecified atom stereocenters. The Kier molecular flexibility index (Phi) is 4.97. The van der Waals surface area contributed by atoms with E-state index in [1.54, 1.807) is 0 Å². The minimum absolute atomic E-state index is 0.561. The predicted octanol–water partition coefficient (Wildman–Crippen LogP) is 0.743. The SMILES string of the molecule is CSc1nc(N2CCOCC2)nc(N2CCOCC2)c1C#N. The largest absolute Gasteiger partial charge is 0.378 e. The number of ether oxygens (including phenoxy) is 2. The second-order valence-corrected chi connectivity index (χ2v) is 5.84. The van der Waals surface area contributed by atoms with Gasteiger partial charge >= 0.3 is 0 Å². The average Bonchev–Trinajstić information content (AvgIpc) is 2.62. The number of nitrogens with zero attached hydrogens (tertiary/aromatic N) is 5. The van der Waals surface area contributed by atoms with Gasteiger partial charge in [0.2, 0.25) is 5.95 Å². The van der Waals surface area contributed by atoms with Gasteiger partial charge in [0.15, 0.2) is 5.82 Å². The van der Waals surface area contributed by atoms with Gasteiger partial charge in [-0.3, -0.25) is 0 Å². The number of nitriles is 1. The first-order chi connectivity index (χ1) is 10.8. The average molecular weight is 321 g/mol. The third-order valence-electron chi connectivity index (χ3n) is 3.75. The third kappa shape index (κ3) is 3.11. The molecule has 0 radical (unpaired) electrons. The Bertz CT molecular complexity index is 565. The van der Waals surface area contributed by atoms with Crippen LogP contribution in [-0.2, 0) is 9.47 Å². The maximum Gasteiger partial charge on any atom is 0.228 e. The number of hydrogen-bond donors (Lipinski definition) is 0. The van der Waals surface area contributed by atoms with Crippen LogP contribution in [0.2, 0.25) is 0 Å². The van der Waals surface area contributed by atoms with Gasteiger partial charge < -0.3 is 19.3 Å². The lowest BCUT2D eigenvalue weighted by atomic mass is 10.3. The number of morpholine rings is 2. The van der Waals surface area contributed by atoms with E-state index in [2.05, 4.69) is 20.9 Å². The van der Waals surface area contributed by atoms with E-state index in [0.29, 0.717) is 37.9 Å². The van der Waals surface area contributed by atoms with Crippen LogP contribution in [0, 0.1) is 11.3 Å². The molecule has 118 valence electrons. The lowest BCUT2D eigenvalue weighted by molar-refractivity contribution is 0.121. The molecule has 1 aromatic heterocycles. The van der Waals surface area contributed by atoms with Gasteiger partial charge in [-0.25, -0.2) is 4.98 Å². The molecule has 0 saturated carbocycles. The second-order valence-electron chi connectivity index (χ2n) is 5.04. The van der Waals surface area contributed by atoms with E-state index < -0.39 is 0 Å². The van der Waals surface area contributed by atoms with Gasteiger partial charge in [0.05, 0.1) is 26.4 Å². The molecular formula is C14H19N5O2S. The summed E-state index contributed by atoms with van der Waals surface area (Å²) in [7, 11) is 0. The molecule has 1 aromatic rings. The lowest BCUT2D eigenvalue weighted by Gasteiger charge is -2.31.